The van der Waals surface area contributed by atoms with Gasteiger partial charge in [0.15, 0.2) is 0 Å². The Morgan fingerprint density at radius 3 is 2.80 bits per heavy atom. The molecule has 2 aromatic heterocycles. The second-order valence-corrected chi connectivity index (χ2v) is 8.00. The monoisotopic (exact) mass is 356 g/mol. The highest BCUT2D eigenvalue weighted by molar-refractivity contribution is 7.11. The molecule has 0 aliphatic heterocycles. The summed E-state index contributed by atoms with van der Waals surface area (Å²) < 4.78 is 19.3. The number of benzene rings is 1. The average molecular weight is 356 g/mol. The van der Waals surface area contributed by atoms with Gasteiger partial charge in [0.1, 0.15) is 22.3 Å². The Bertz CT molecular complexity index is 881. The van der Waals surface area contributed by atoms with Crippen LogP contribution in [0.5, 0.6) is 0 Å². The van der Waals surface area contributed by atoms with Crippen LogP contribution in [-0.4, -0.2) is 4.98 Å². The fourth-order valence-corrected chi connectivity index (χ4v) is 4.08. The van der Waals surface area contributed by atoms with Crippen LogP contribution in [0.1, 0.15) is 40.1 Å². The maximum Gasteiger partial charge on any atom is 0.134 e. The SMILES string of the molecule is Cc1cnc(C(NCc2ccc(-c3ccc(F)cc3C)o2)C2CC2)s1. The summed E-state index contributed by atoms with van der Waals surface area (Å²) in [6.45, 7) is 4.65. The predicted molar refractivity (Wildman–Crippen MR) is 98.0 cm³/mol. The number of nitrogens with one attached hydrogen (secondary N) is 1. The van der Waals surface area contributed by atoms with Crippen LogP contribution in [0.3, 0.4) is 0 Å². The number of hydrogen-bond acceptors (Lipinski definition) is 4. The van der Waals surface area contributed by atoms with E-state index in [4.69, 9.17) is 4.42 Å². The van der Waals surface area contributed by atoms with Crippen molar-refractivity contribution in [2.45, 2.75) is 39.3 Å². The lowest BCUT2D eigenvalue weighted by Crippen LogP contribution is -2.22. The molecule has 5 heteroatoms. The van der Waals surface area contributed by atoms with Gasteiger partial charge in [0, 0.05) is 16.6 Å². The van der Waals surface area contributed by atoms with E-state index in [0.717, 1.165) is 22.6 Å². The zero-order chi connectivity index (χ0) is 17.4. The molecular formula is C20H21FN2OS. The number of thiazole rings is 1. The Hall–Kier alpha value is -1.98. The molecule has 1 aliphatic rings. The lowest BCUT2D eigenvalue weighted by molar-refractivity contribution is 0.429. The molecule has 130 valence electrons. The van der Waals surface area contributed by atoms with Gasteiger partial charge in [0.2, 0.25) is 0 Å². The molecule has 0 saturated heterocycles. The van der Waals surface area contributed by atoms with Gasteiger partial charge in [-0.15, -0.1) is 11.3 Å². The smallest absolute Gasteiger partial charge is 0.134 e. The molecule has 1 aromatic carbocycles. The third-order valence-corrected chi connectivity index (χ3v) is 5.61. The number of furan rings is 1. The first kappa shape index (κ1) is 16.5. The van der Waals surface area contributed by atoms with E-state index in [0.29, 0.717) is 18.5 Å². The first-order valence-corrected chi connectivity index (χ1v) is 9.43. The van der Waals surface area contributed by atoms with E-state index < -0.39 is 0 Å². The van der Waals surface area contributed by atoms with E-state index in [1.165, 1.54) is 34.9 Å². The van der Waals surface area contributed by atoms with Gasteiger partial charge in [-0.2, -0.15) is 0 Å². The maximum absolute atomic E-state index is 13.3. The summed E-state index contributed by atoms with van der Waals surface area (Å²) in [6.07, 6.45) is 4.46. The first-order valence-electron chi connectivity index (χ1n) is 8.61. The molecule has 1 saturated carbocycles. The number of nitrogens with zero attached hydrogens (tertiary/aromatic N) is 1. The molecule has 0 radical (unpaired) electrons. The number of aryl methyl sites for hydroxylation is 2. The maximum atomic E-state index is 13.3. The van der Waals surface area contributed by atoms with E-state index in [2.05, 4.69) is 17.2 Å². The second-order valence-electron chi connectivity index (χ2n) is 6.73. The minimum absolute atomic E-state index is 0.222. The molecule has 1 atom stereocenters. The van der Waals surface area contributed by atoms with Gasteiger partial charge in [0.25, 0.3) is 0 Å². The van der Waals surface area contributed by atoms with Gasteiger partial charge < -0.3 is 9.73 Å². The normalized spacial score (nSPS) is 15.5. The Kier molecular flexibility index (Phi) is 4.44. The third-order valence-electron chi connectivity index (χ3n) is 4.61. The molecule has 2 heterocycles. The zero-order valence-corrected chi connectivity index (χ0v) is 15.2. The third kappa shape index (κ3) is 3.67. The number of halogens is 1. The standard InChI is InChI=1S/C20H21FN2OS/c1-12-9-15(21)5-7-17(12)18-8-6-16(24-18)11-22-19(14-3-4-14)20-23-10-13(2)25-20/h5-10,14,19,22H,3-4,11H2,1-2H3. The van der Waals surface area contributed by atoms with Crippen molar-refractivity contribution in [3.05, 3.63) is 63.6 Å². The number of aromatic nitrogens is 1. The van der Waals surface area contributed by atoms with Crippen LogP contribution in [0.4, 0.5) is 4.39 Å². The quantitative estimate of drug-likeness (QED) is 0.642. The van der Waals surface area contributed by atoms with Crippen molar-refractivity contribution in [2.75, 3.05) is 0 Å². The summed E-state index contributed by atoms with van der Waals surface area (Å²) in [5.74, 6) is 2.13. The lowest BCUT2D eigenvalue weighted by atomic mass is 10.1. The van der Waals surface area contributed by atoms with Gasteiger partial charge in [0.05, 0.1) is 12.6 Å². The van der Waals surface area contributed by atoms with Gasteiger partial charge in [-0.1, -0.05) is 0 Å². The van der Waals surface area contributed by atoms with Gasteiger partial charge in [-0.05, 0) is 68.5 Å². The average Bonchev–Trinajstić information content (AvgIpc) is 3.15. The van der Waals surface area contributed by atoms with Crippen LogP contribution in [0.15, 0.2) is 40.9 Å². The number of rotatable bonds is 6. The van der Waals surface area contributed by atoms with E-state index in [1.54, 1.807) is 17.4 Å². The first-order chi connectivity index (χ1) is 12.1. The van der Waals surface area contributed by atoms with Crippen LogP contribution < -0.4 is 5.32 Å². The summed E-state index contributed by atoms with van der Waals surface area (Å²) in [4.78, 5) is 5.80. The van der Waals surface area contributed by atoms with Crippen molar-refractivity contribution in [3.8, 4) is 11.3 Å². The molecule has 0 amide bonds. The van der Waals surface area contributed by atoms with Crippen molar-refractivity contribution in [2.24, 2.45) is 5.92 Å². The lowest BCUT2D eigenvalue weighted by Gasteiger charge is -2.14. The topological polar surface area (TPSA) is 38.1 Å². The second kappa shape index (κ2) is 6.73. The summed E-state index contributed by atoms with van der Waals surface area (Å²) in [5, 5.41) is 4.78. The van der Waals surface area contributed by atoms with Crippen molar-refractivity contribution in [3.63, 3.8) is 0 Å². The fraction of sp³-hybridized carbons (Fsp3) is 0.350. The Morgan fingerprint density at radius 2 is 2.12 bits per heavy atom. The molecular weight excluding hydrogens is 335 g/mol. The van der Waals surface area contributed by atoms with Crippen LogP contribution in [0.2, 0.25) is 0 Å². The van der Waals surface area contributed by atoms with Gasteiger partial charge in [-0.3, -0.25) is 0 Å². The van der Waals surface area contributed by atoms with E-state index in [9.17, 15) is 4.39 Å². The minimum atomic E-state index is -0.222. The summed E-state index contributed by atoms with van der Waals surface area (Å²) in [6, 6.07) is 9.02. The van der Waals surface area contributed by atoms with Crippen molar-refractivity contribution in [1.82, 2.24) is 10.3 Å². The Labute approximate surface area is 150 Å². The van der Waals surface area contributed by atoms with Crippen LogP contribution in [0, 0.1) is 25.6 Å². The molecule has 1 N–H and O–H groups in total. The fourth-order valence-electron chi connectivity index (χ4n) is 3.13. The molecule has 1 aliphatic carbocycles. The van der Waals surface area contributed by atoms with Gasteiger partial charge in [-0.25, -0.2) is 9.37 Å². The summed E-state index contributed by atoms with van der Waals surface area (Å²) >= 11 is 1.76. The molecule has 0 spiro atoms. The minimum Gasteiger partial charge on any atom is -0.460 e. The van der Waals surface area contributed by atoms with Crippen LogP contribution >= 0.6 is 11.3 Å². The highest BCUT2D eigenvalue weighted by atomic mass is 32.1. The van der Waals surface area contributed by atoms with E-state index in [-0.39, 0.29) is 5.82 Å². The summed E-state index contributed by atoms with van der Waals surface area (Å²) in [5.41, 5.74) is 1.81. The Morgan fingerprint density at radius 1 is 1.28 bits per heavy atom. The molecule has 3 nitrogen and oxygen atoms in total. The largest absolute Gasteiger partial charge is 0.460 e. The zero-order valence-electron chi connectivity index (χ0n) is 14.4. The highest BCUT2D eigenvalue weighted by Crippen LogP contribution is 2.42. The van der Waals surface area contributed by atoms with Crippen LogP contribution in [0.25, 0.3) is 11.3 Å². The van der Waals surface area contributed by atoms with Crippen molar-refractivity contribution >= 4 is 11.3 Å². The molecule has 25 heavy (non-hydrogen) atoms. The van der Waals surface area contributed by atoms with Crippen molar-refractivity contribution in [1.29, 1.82) is 0 Å². The van der Waals surface area contributed by atoms with Gasteiger partial charge >= 0.3 is 0 Å². The molecule has 1 unspecified atom stereocenters. The van der Waals surface area contributed by atoms with Crippen molar-refractivity contribution < 1.29 is 8.81 Å². The van der Waals surface area contributed by atoms with E-state index >= 15 is 0 Å². The van der Waals surface area contributed by atoms with E-state index in [1.807, 2.05) is 25.3 Å². The molecule has 0 bridgehead atoms. The summed E-state index contributed by atoms with van der Waals surface area (Å²) in [7, 11) is 0. The van der Waals surface area contributed by atoms with Crippen LogP contribution in [-0.2, 0) is 6.54 Å². The highest BCUT2D eigenvalue weighted by Gasteiger charge is 2.33. The predicted octanol–water partition coefficient (Wildman–Crippen LogP) is 5.40. The molecule has 3 aromatic rings. The molecule has 1 fully saturated rings. The molecule has 4 rings (SSSR count). The Balaban J connectivity index is 1.47. The number of hydrogen-bond donors (Lipinski definition) is 1.